The highest BCUT2D eigenvalue weighted by molar-refractivity contribution is 6.22. The lowest BCUT2D eigenvalue weighted by Crippen LogP contribution is -2.09. The highest BCUT2D eigenvalue weighted by atomic mass is 16.5. The van der Waals surface area contributed by atoms with Crippen LogP contribution in [0.25, 0.3) is 11.6 Å². The van der Waals surface area contributed by atoms with E-state index in [1.54, 1.807) is 24.3 Å². The molecule has 0 aromatic heterocycles. The van der Waals surface area contributed by atoms with E-state index in [0.29, 0.717) is 23.3 Å². The van der Waals surface area contributed by atoms with Crippen molar-refractivity contribution < 1.29 is 9.53 Å². The van der Waals surface area contributed by atoms with Crippen molar-refractivity contribution in [2.45, 2.75) is 19.8 Å². The average Bonchev–Trinajstić information content (AvgIpc) is 2.60. The van der Waals surface area contributed by atoms with Gasteiger partial charge in [-0.15, -0.1) is 0 Å². The SMILES string of the molecule is CCCCOC(=O)/C(=C/c1ccccc1)c1ccccc1C#N. The van der Waals surface area contributed by atoms with Crippen LogP contribution in [-0.4, -0.2) is 12.6 Å². The number of esters is 1. The lowest BCUT2D eigenvalue weighted by molar-refractivity contribution is -0.136. The molecule has 0 aliphatic heterocycles. The standard InChI is InChI=1S/C20H19NO2/c1-2-3-13-23-20(22)19(14-16-9-5-4-6-10-16)18-12-8-7-11-17(18)15-21/h4-12,14H,2-3,13H2,1H3/b19-14+. The van der Waals surface area contributed by atoms with Crippen LogP contribution < -0.4 is 0 Å². The van der Waals surface area contributed by atoms with Gasteiger partial charge in [-0.1, -0.05) is 61.9 Å². The van der Waals surface area contributed by atoms with Gasteiger partial charge < -0.3 is 4.74 Å². The van der Waals surface area contributed by atoms with Crippen LogP contribution in [0.5, 0.6) is 0 Å². The smallest absolute Gasteiger partial charge is 0.338 e. The Morgan fingerprint density at radius 2 is 1.83 bits per heavy atom. The first-order chi connectivity index (χ1) is 11.3. The fraction of sp³-hybridized carbons (Fsp3) is 0.200. The first kappa shape index (κ1) is 16.5. The molecule has 0 aliphatic rings. The van der Waals surface area contributed by atoms with Crippen LogP contribution in [-0.2, 0) is 9.53 Å². The van der Waals surface area contributed by atoms with Gasteiger partial charge in [0.25, 0.3) is 0 Å². The molecule has 0 saturated carbocycles. The van der Waals surface area contributed by atoms with E-state index < -0.39 is 5.97 Å². The van der Waals surface area contributed by atoms with E-state index in [1.165, 1.54) is 0 Å². The summed E-state index contributed by atoms with van der Waals surface area (Å²) in [6.07, 6.45) is 3.55. The molecule has 0 fully saturated rings. The number of unbranched alkanes of at least 4 members (excludes halogenated alkanes) is 1. The van der Waals surface area contributed by atoms with E-state index >= 15 is 0 Å². The van der Waals surface area contributed by atoms with Crippen LogP contribution in [0.4, 0.5) is 0 Å². The van der Waals surface area contributed by atoms with Crippen molar-refractivity contribution in [1.29, 1.82) is 5.26 Å². The van der Waals surface area contributed by atoms with Crippen LogP contribution in [0.15, 0.2) is 54.6 Å². The Bertz CT molecular complexity index is 727. The molecule has 0 bridgehead atoms. The molecule has 0 radical (unpaired) electrons. The lowest BCUT2D eigenvalue weighted by atomic mass is 9.98. The molecule has 0 unspecified atom stereocenters. The molecule has 0 amide bonds. The third-order valence-electron chi connectivity index (χ3n) is 3.40. The van der Waals surface area contributed by atoms with Crippen LogP contribution in [0, 0.1) is 11.3 Å². The third-order valence-corrected chi connectivity index (χ3v) is 3.40. The second-order valence-electron chi connectivity index (χ2n) is 5.12. The Morgan fingerprint density at radius 3 is 2.52 bits per heavy atom. The predicted molar refractivity (Wildman–Crippen MR) is 91.3 cm³/mol. The minimum absolute atomic E-state index is 0.385. The molecule has 3 nitrogen and oxygen atoms in total. The zero-order valence-electron chi connectivity index (χ0n) is 13.2. The van der Waals surface area contributed by atoms with Gasteiger partial charge in [0.05, 0.1) is 23.8 Å². The quantitative estimate of drug-likeness (QED) is 0.343. The number of nitriles is 1. The van der Waals surface area contributed by atoms with Crippen molar-refractivity contribution in [3.8, 4) is 6.07 Å². The van der Waals surface area contributed by atoms with Gasteiger partial charge in [0.15, 0.2) is 0 Å². The van der Waals surface area contributed by atoms with Gasteiger partial charge in [-0.05, 0) is 24.1 Å². The Labute approximate surface area is 136 Å². The lowest BCUT2D eigenvalue weighted by Gasteiger charge is -2.10. The molecule has 0 heterocycles. The minimum Gasteiger partial charge on any atom is -0.462 e. The highest BCUT2D eigenvalue weighted by Crippen LogP contribution is 2.23. The Kier molecular flexibility index (Phi) is 6.14. The van der Waals surface area contributed by atoms with Crippen molar-refractivity contribution >= 4 is 17.6 Å². The molecule has 116 valence electrons. The number of benzene rings is 2. The fourth-order valence-electron chi connectivity index (χ4n) is 2.16. The second kappa shape index (κ2) is 8.55. The zero-order valence-corrected chi connectivity index (χ0v) is 13.2. The maximum atomic E-state index is 12.5. The summed E-state index contributed by atoms with van der Waals surface area (Å²) in [6, 6.07) is 18.8. The Morgan fingerprint density at radius 1 is 1.13 bits per heavy atom. The van der Waals surface area contributed by atoms with E-state index in [4.69, 9.17) is 4.74 Å². The molecule has 0 aliphatic carbocycles. The highest BCUT2D eigenvalue weighted by Gasteiger charge is 2.16. The summed E-state index contributed by atoms with van der Waals surface area (Å²) in [7, 11) is 0. The van der Waals surface area contributed by atoms with Crippen molar-refractivity contribution in [3.63, 3.8) is 0 Å². The largest absolute Gasteiger partial charge is 0.462 e. The number of ether oxygens (including phenoxy) is 1. The van der Waals surface area contributed by atoms with Gasteiger partial charge >= 0.3 is 5.97 Å². The molecule has 0 spiro atoms. The first-order valence-electron chi connectivity index (χ1n) is 7.69. The Balaban J connectivity index is 2.41. The van der Waals surface area contributed by atoms with Crippen molar-refractivity contribution in [1.82, 2.24) is 0 Å². The molecule has 3 heteroatoms. The van der Waals surface area contributed by atoms with E-state index in [9.17, 15) is 10.1 Å². The number of carbonyl (C=O) groups excluding carboxylic acids is 1. The molecule has 0 N–H and O–H groups in total. The second-order valence-corrected chi connectivity index (χ2v) is 5.12. The topological polar surface area (TPSA) is 50.1 Å². The average molecular weight is 305 g/mol. The van der Waals surface area contributed by atoms with Crippen molar-refractivity contribution in [2.24, 2.45) is 0 Å². The van der Waals surface area contributed by atoms with Crippen LogP contribution in [0.2, 0.25) is 0 Å². The summed E-state index contributed by atoms with van der Waals surface area (Å²) in [4.78, 5) is 12.5. The maximum Gasteiger partial charge on any atom is 0.338 e. The van der Waals surface area contributed by atoms with Crippen LogP contribution >= 0.6 is 0 Å². The van der Waals surface area contributed by atoms with Crippen molar-refractivity contribution in [3.05, 3.63) is 71.3 Å². The Hall–Kier alpha value is -2.86. The number of carbonyl (C=O) groups is 1. The number of hydrogen-bond donors (Lipinski definition) is 0. The van der Waals surface area contributed by atoms with Crippen LogP contribution in [0.3, 0.4) is 0 Å². The zero-order chi connectivity index (χ0) is 16.5. The molecule has 23 heavy (non-hydrogen) atoms. The molecule has 0 saturated heterocycles. The van der Waals surface area contributed by atoms with Gasteiger partial charge in [0.2, 0.25) is 0 Å². The fourth-order valence-corrected chi connectivity index (χ4v) is 2.16. The number of hydrogen-bond acceptors (Lipinski definition) is 3. The van der Waals surface area contributed by atoms with Gasteiger partial charge in [-0.3, -0.25) is 0 Å². The van der Waals surface area contributed by atoms with Gasteiger partial charge in [0, 0.05) is 5.56 Å². The summed E-state index contributed by atoms with van der Waals surface area (Å²) in [5.74, 6) is -0.398. The molecule has 2 aromatic rings. The van der Waals surface area contributed by atoms with Gasteiger partial charge in [0.1, 0.15) is 0 Å². The third kappa shape index (κ3) is 4.55. The van der Waals surface area contributed by atoms with E-state index in [-0.39, 0.29) is 0 Å². The van der Waals surface area contributed by atoms with Gasteiger partial charge in [-0.25, -0.2) is 4.79 Å². The molecule has 2 aromatic carbocycles. The first-order valence-corrected chi connectivity index (χ1v) is 7.69. The predicted octanol–water partition coefficient (Wildman–Crippen LogP) is 4.44. The molecular weight excluding hydrogens is 286 g/mol. The van der Waals surface area contributed by atoms with E-state index in [0.717, 1.165) is 18.4 Å². The van der Waals surface area contributed by atoms with Crippen molar-refractivity contribution in [2.75, 3.05) is 6.61 Å². The summed E-state index contributed by atoms with van der Waals surface area (Å²) >= 11 is 0. The molecule has 2 rings (SSSR count). The van der Waals surface area contributed by atoms with Gasteiger partial charge in [-0.2, -0.15) is 5.26 Å². The van der Waals surface area contributed by atoms with E-state index in [1.807, 2.05) is 43.3 Å². The summed E-state index contributed by atoms with van der Waals surface area (Å²) < 4.78 is 5.35. The van der Waals surface area contributed by atoms with Crippen LogP contribution in [0.1, 0.15) is 36.5 Å². The summed E-state index contributed by atoms with van der Waals surface area (Å²) in [5, 5.41) is 9.30. The molecule has 0 atom stereocenters. The number of nitrogens with zero attached hydrogens (tertiary/aromatic N) is 1. The van der Waals surface area contributed by atoms with E-state index in [2.05, 4.69) is 6.07 Å². The monoisotopic (exact) mass is 305 g/mol. The summed E-state index contributed by atoms with van der Waals surface area (Å²) in [5.41, 5.74) is 2.36. The summed E-state index contributed by atoms with van der Waals surface area (Å²) in [6.45, 7) is 2.43. The maximum absolute atomic E-state index is 12.5. The molecular formula is C20H19NO2. The normalized spacial score (nSPS) is 10.9. The number of rotatable bonds is 6. The minimum atomic E-state index is -0.398.